The lowest BCUT2D eigenvalue weighted by Crippen LogP contribution is -2.03. The first kappa shape index (κ1) is 16.5. The van der Waals surface area contributed by atoms with Gasteiger partial charge in [0.2, 0.25) is 0 Å². The Labute approximate surface area is 120 Å². The second-order valence-corrected chi connectivity index (χ2v) is 5.28. The normalized spacial score (nSPS) is 10.9. The monoisotopic (exact) mass is 302 g/mol. The molecular formula is C14H16F2O3S. The van der Waals surface area contributed by atoms with E-state index in [-0.39, 0.29) is 12.2 Å². The van der Waals surface area contributed by atoms with E-state index in [1.165, 1.54) is 0 Å². The van der Waals surface area contributed by atoms with Crippen molar-refractivity contribution in [1.82, 2.24) is 0 Å². The summed E-state index contributed by atoms with van der Waals surface area (Å²) < 4.78 is 32.4. The number of rotatable bonds is 8. The van der Waals surface area contributed by atoms with Gasteiger partial charge in [-0.15, -0.1) is 0 Å². The molecule has 0 bridgehead atoms. The number of halogens is 2. The van der Waals surface area contributed by atoms with Gasteiger partial charge in [-0.1, -0.05) is 6.92 Å². The van der Waals surface area contributed by atoms with Gasteiger partial charge in [0, 0.05) is 6.08 Å². The van der Waals surface area contributed by atoms with Gasteiger partial charge in [0.25, 0.3) is 0 Å². The Morgan fingerprint density at radius 1 is 1.40 bits per heavy atom. The molecule has 20 heavy (non-hydrogen) atoms. The van der Waals surface area contributed by atoms with Gasteiger partial charge in [-0.25, -0.2) is 13.6 Å². The van der Waals surface area contributed by atoms with E-state index in [0.29, 0.717) is 6.42 Å². The average Bonchev–Trinajstić information content (AvgIpc) is 2.38. The maximum absolute atomic E-state index is 13.7. The zero-order chi connectivity index (χ0) is 15.0. The SMILES string of the molecule is CCSCCCOc1c(F)cc(/C=C/C(=O)O)cc1F. The number of ether oxygens (including phenoxy) is 1. The van der Waals surface area contributed by atoms with Crippen molar-refractivity contribution in [3.05, 3.63) is 35.4 Å². The summed E-state index contributed by atoms with van der Waals surface area (Å²) in [5.41, 5.74) is 0.135. The molecule has 0 heterocycles. The molecule has 3 nitrogen and oxygen atoms in total. The van der Waals surface area contributed by atoms with Crippen LogP contribution in [0.5, 0.6) is 5.75 Å². The van der Waals surface area contributed by atoms with Crippen LogP contribution < -0.4 is 4.74 Å². The van der Waals surface area contributed by atoms with Crippen LogP contribution in [0, 0.1) is 11.6 Å². The largest absolute Gasteiger partial charge is 0.488 e. The molecule has 0 saturated carbocycles. The molecule has 0 atom stereocenters. The lowest BCUT2D eigenvalue weighted by molar-refractivity contribution is -0.131. The van der Waals surface area contributed by atoms with Crippen LogP contribution in [0.2, 0.25) is 0 Å². The quantitative estimate of drug-likeness (QED) is 0.589. The van der Waals surface area contributed by atoms with Crippen LogP contribution >= 0.6 is 11.8 Å². The topological polar surface area (TPSA) is 46.5 Å². The van der Waals surface area contributed by atoms with Crippen LogP contribution in [-0.2, 0) is 4.79 Å². The van der Waals surface area contributed by atoms with Crippen molar-refractivity contribution in [2.45, 2.75) is 13.3 Å². The van der Waals surface area contributed by atoms with E-state index in [9.17, 15) is 13.6 Å². The van der Waals surface area contributed by atoms with Crippen molar-refractivity contribution in [1.29, 1.82) is 0 Å². The van der Waals surface area contributed by atoms with E-state index in [1.807, 2.05) is 6.92 Å². The zero-order valence-corrected chi connectivity index (χ0v) is 11.9. The molecule has 1 aromatic rings. The van der Waals surface area contributed by atoms with Gasteiger partial charge in [0.15, 0.2) is 17.4 Å². The number of benzene rings is 1. The first-order valence-corrected chi connectivity index (χ1v) is 7.30. The standard InChI is InChI=1S/C14H16F2O3S/c1-2-20-7-3-6-19-14-11(15)8-10(9-12(14)16)4-5-13(17)18/h4-5,8-9H,2-3,6-7H2,1H3,(H,17,18)/b5-4+. The second-order valence-electron chi connectivity index (χ2n) is 3.88. The maximum atomic E-state index is 13.7. The highest BCUT2D eigenvalue weighted by molar-refractivity contribution is 7.99. The van der Waals surface area contributed by atoms with Gasteiger partial charge < -0.3 is 9.84 Å². The highest BCUT2D eigenvalue weighted by Gasteiger charge is 2.11. The van der Waals surface area contributed by atoms with Crippen molar-refractivity contribution in [3.8, 4) is 5.75 Å². The Bertz CT molecular complexity index is 466. The predicted molar refractivity (Wildman–Crippen MR) is 76.1 cm³/mol. The van der Waals surface area contributed by atoms with Crippen molar-refractivity contribution in [3.63, 3.8) is 0 Å². The molecule has 0 unspecified atom stereocenters. The third kappa shape index (κ3) is 5.61. The number of thioether (sulfide) groups is 1. The zero-order valence-electron chi connectivity index (χ0n) is 11.1. The minimum absolute atomic E-state index is 0.135. The summed E-state index contributed by atoms with van der Waals surface area (Å²) in [5, 5.41) is 8.45. The molecule has 0 aliphatic heterocycles. The second kappa shape index (κ2) is 8.58. The van der Waals surface area contributed by atoms with Crippen molar-refractivity contribution >= 4 is 23.8 Å². The van der Waals surface area contributed by atoms with Crippen LogP contribution in [0.15, 0.2) is 18.2 Å². The fourth-order valence-electron chi connectivity index (χ4n) is 1.46. The molecule has 110 valence electrons. The molecule has 1 rings (SSSR count). The molecule has 0 amide bonds. The Morgan fingerprint density at radius 2 is 2.05 bits per heavy atom. The number of carboxylic acid groups (broad SMARTS) is 1. The van der Waals surface area contributed by atoms with Crippen molar-refractivity contribution in [2.24, 2.45) is 0 Å². The Hall–Kier alpha value is -1.56. The molecule has 0 aliphatic carbocycles. The summed E-state index contributed by atoms with van der Waals surface area (Å²) >= 11 is 1.73. The minimum atomic E-state index is -1.18. The van der Waals surface area contributed by atoms with E-state index in [0.717, 1.165) is 35.8 Å². The van der Waals surface area contributed by atoms with Crippen molar-refractivity contribution < 1.29 is 23.4 Å². The molecule has 0 aromatic heterocycles. The molecule has 0 spiro atoms. The molecule has 6 heteroatoms. The highest BCUT2D eigenvalue weighted by atomic mass is 32.2. The molecule has 0 aliphatic rings. The lowest BCUT2D eigenvalue weighted by atomic mass is 10.2. The van der Waals surface area contributed by atoms with E-state index < -0.39 is 23.4 Å². The predicted octanol–water partition coefficient (Wildman–Crippen LogP) is 3.58. The van der Waals surface area contributed by atoms with E-state index in [2.05, 4.69) is 0 Å². The number of carboxylic acids is 1. The third-order valence-corrected chi connectivity index (χ3v) is 3.31. The molecule has 0 fully saturated rings. The Morgan fingerprint density at radius 3 is 2.60 bits per heavy atom. The summed E-state index contributed by atoms with van der Waals surface area (Å²) in [5.74, 6) is -1.40. The van der Waals surface area contributed by atoms with Crippen LogP contribution in [0.3, 0.4) is 0 Å². The van der Waals surface area contributed by atoms with Gasteiger partial charge >= 0.3 is 5.97 Å². The maximum Gasteiger partial charge on any atom is 0.328 e. The van der Waals surface area contributed by atoms with Crippen LogP contribution in [0.4, 0.5) is 8.78 Å². The number of aliphatic carboxylic acids is 1. The molecule has 0 saturated heterocycles. The smallest absolute Gasteiger partial charge is 0.328 e. The summed E-state index contributed by atoms with van der Waals surface area (Å²) in [6.07, 6.45) is 2.64. The van der Waals surface area contributed by atoms with Crippen molar-refractivity contribution in [2.75, 3.05) is 18.1 Å². The summed E-state index contributed by atoms with van der Waals surface area (Å²) in [6.45, 7) is 2.28. The average molecular weight is 302 g/mol. The van der Waals surface area contributed by atoms with Gasteiger partial charge in [-0.3, -0.25) is 0 Å². The van der Waals surface area contributed by atoms with E-state index >= 15 is 0 Å². The number of carbonyl (C=O) groups is 1. The summed E-state index contributed by atoms with van der Waals surface area (Å²) in [4.78, 5) is 10.3. The van der Waals surface area contributed by atoms with Crippen LogP contribution in [-0.4, -0.2) is 29.2 Å². The number of hydrogen-bond acceptors (Lipinski definition) is 3. The molecule has 1 aromatic carbocycles. The Kier molecular flexibility index (Phi) is 7.08. The van der Waals surface area contributed by atoms with E-state index in [4.69, 9.17) is 9.84 Å². The van der Waals surface area contributed by atoms with E-state index in [1.54, 1.807) is 11.8 Å². The first-order chi connectivity index (χ1) is 9.54. The van der Waals surface area contributed by atoms with Gasteiger partial charge in [-0.05, 0) is 41.7 Å². The summed E-state index contributed by atoms with van der Waals surface area (Å²) in [6, 6.07) is 2.08. The fourth-order valence-corrected chi connectivity index (χ4v) is 2.07. The third-order valence-electron chi connectivity index (χ3n) is 2.32. The molecular weight excluding hydrogens is 286 g/mol. The Balaban J connectivity index is 2.66. The first-order valence-electron chi connectivity index (χ1n) is 6.15. The summed E-state index contributed by atoms with van der Waals surface area (Å²) in [7, 11) is 0. The van der Waals surface area contributed by atoms with Gasteiger partial charge in [-0.2, -0.15) is 11.8 Å². The van der Waals surface area contributed by atoms with Gasteiger partial charge in [0.05, 0.1) is 6.61 Å². The number of hydrogen-bond donors (Lipinski definition) is 1. The minimum Gasteiger partial charge on any atom is -0.488 e. The fraction of sp³-hybridized carbons (Fsp3) is 0.357. The molecule has 0 radical (unpaired) electrons. The molecule has 1 N–H and O–H groups in total. The van der Waals surface area contributed by atoms with Crippen LogP contribution in [0.25, 0.3) is 6.08 Å². The lowest BCUT2D eigenvalue weighted by Gasteiger charge is -2.09. The highest BCUT2D eigenvalue weighted by Crippen LogP contribution is 2.24. The van der Waals surface area contributed by atoms with Crippen LogP contribution in [0.1, 0.15) is 18.9 Å². The van der Waals surface area contributed by atoms with Gasteiger partial charge in [0.1, 0.15) is 0 Å².